The molecule has 1 heterocycles. The van der Waals surface area contributed by atoms with E-state index in [0.717, 1.165) is 11.3 Å². The molecule has 1 aliphatic carbocycles. The van der Waals surface area contributed by atoms with E-state index < -0.39 is 0 Å². The van der Waals surface area contributed by atoms with Crippen molar-refractivity contribution in [3.8, 4) is 0 Å². The maximum Gasteiger partial charge on any atom is 0.178 e. The second kappa shape index (κ2) is 4.14. The fourth-order valence-electron chi connectivity index (χ4n) is 2.43. The SMILES string of the molecule is CSC1(Cn2c(=S)[nH]c3cc(C)c(C)cc32)CC1. The summed E-state index contributed by atoms with van der Waals surface area (Å²) < 4.78 is 3.57. The molecule has 2 nitrogen and oxygen atoms in total. The van der Waals surface area contributed by atoms with Gasteiger partial charge in [-0.05, 0) is 68.4 Å². The number of nitrogens with one attached hydrogen (secondary N) is 1. The molecule has 2 aromatic rings. The van der Waals surface area contributed by atoms with Crippen molar-refractivity contribution in [2.45, 2.75) is 38.0 Å². The Bertz CT molecular complexity index is 662. The zero-order chi connectivity index (χ0) is 12.9. The Morgan fingerprint density at radius 3 is 2.61 bits per heavy atom. The van der Waals surface area contributed by atoms with Crippen molar-refractivity contribution >= 4 is 35.0 Å². The van der Waals surface area contributed by atoms with Gasteiger partial charge in [0.2, 0.25) is 0 Å². The van der Waals surface area contributed by atoms with Gasteiger partial charge in [0.15, 0.2) is 4.77 Å². The molecule has 0 spiro atoms. The van der Waals surface area contributed by atoms with Crippen LogP contribution in [0.15, 0.2) is 12.1 Å². The maximum absolute atomic E-state index is 5.48. The monoisotopic (exact) mass is 278 g/mol. The molecule has 4 heteroatoms. The van der Waals surface area contributed by atoms with Crippen molar-refractivity contribution in [1.29, 1.82) is 0 Å². The summed E-state index contributed by atoms with van der Waals surface area (Å²) in [5.41, 5.74) is 5.07. The molecule has 0 radical (unpaired) electrons. The Morgan fingerprint density at radius 1 is 1.33 bits per heavy atom. The van der Waals surface area contributed by atoms with E-state index in [1.54, 1.807) is 0 Å². The number of aryl methyl sites for hydroxylation is 2. The van der Waals surface area contributed by atoms with Crippen LogP contribution in [0.3, 0.4) is 0 Å². The molecule has 1 N–H and O–H groups in total. The third-order valence-electron chi connectivity index (χ3n) is 4.08. The normalized spacial score (nSPS) is 17.3. The lowest BCUT2D eigenvalue weighted by atomic mass is 10.1. The van der Waals surface area contributed by atoms with Crippen molar-refractivity contribution in [3.05, 3.63) is 28.0 Å². The Hall–Kier alpha value is -0.740. The van der Waals surface area contributed by atoms with Crippen LogP contribution in [0.25, 0.3) is 11.0 Å². The molecule has 1 aliphatic rings. The summed E-state index contributed by atoms with van der Waals surface area (Å²) in [5.74, 6) is 0. The summed E-state index contributed by atoms with van der Waals surface area (Å²) in [6, 6.07) is 4.46. The van der Waals surface area contributed by atoms with Gasteiger partial charge in [0.25, 0.3) is 0 Å². The van der Waals surface area contributed by atoms with E-state index in [1.807, 2.05) is 11.8 Å². The molecule has 0 saturated heterocycles. The van der Waals surface area contributed by atoms with Gasteiger partial charge in [-0.3, -0.25) is 0 Å². The molecule has 0 unspecified atom stereocenters. The highest BCUT2D eigenvalue weighted by Crippen LogP contribution is 2.48. The molecule has 0 bridgehead atoms. The van der Waals surface area contributed by atoms with Gasteiger partial charge in [-0.25, -0.2) is 0 Å². The zero-order valence-corrected chi connectivity index (χ0v) is 12.7. The van der Waals surface area contributed by atoms with Crippen LogP contribution in [0.4, 0.5) is 0 Å². The molecule has 1 aromatic carbocycles. The summed E-state index contributed by atoms with van der Waals surface area (Å²) in [4.78, 5) is 3.34. The maximum atomic E-state index is 5.48. The van der Waals surface area contributed by atoms with Crippen molar-refractivity contribution in [1.82, 2.24) is 9.55 Å². The van der Waals surface area contributed by atoms with Crippen LogP contribution in [0.1, 0.15) is 24.0 Å². The molecule has 18 heavy (non-hydrogen) atoms. The van der Waals surface area contributed by atoms with Crippen LogP contribution in [-0.2, 0) is 6.54 Å². The predicted molar refractivity (Wildman–Crippen MR) is 82.1 cm³/mol. The summed E-state index contributed by atoms with van der Waals surface area (Å²) in [5, 5.41) is 0. The molecular formula is C14H18N2S2. The minimum Gasteiger partial charge on any atom is -0.331 e. The second-order valence-corrected chi connectivity index (χ2v) is 7.02. The number of rotatable bonds is 3. The van der Waals surface area contributed by atoms with E-state index in [-0.39, 0.29) is 0 Å². The largest absolute Gasteiger partial charge is 0.331 e. The minimum absolute atomic E-state index is 0.437. The van der Waals surface area contributed by atoms with Gasteiger partial charge in [0.1, 0.15) is 0 Å². The van der Waals surface area contributed by atoms with Crippen LogP contribution in [0.2, 0.25) is 0 Å². The number of fused-ring (bicyclic) bond motifs is 1. The van der Waals surface area contributed by atoms with E-state index in [4.69, 9.17) is 12.2 Å². The van der Waals surface area contributed by atoms with Gasteiger partial charge < -0.3 is 9.55 Å². The van der Waals surface area contributed by atoms with Crippen molar-refractivity contribution in [2.24, 2.45) is 0 Å². The lowest BCUT2D eigenvalue weighted by Crippen LogP contribution is -2.13. The molecule has 0 atom stereocenters. The summed E-state index contributed by atoms with van der Waals surface area (Å²) in [7, 11) is 0. The molecule has 96 valence electrons. The standard InChI is InChI=1S/C14H18N2S2/c1-9-6-11-12(7-10(9)2)16(13(17)15-11)8-14(18-3)4-5-14/h6-7H,4-5,8H2,1-3H3,(H,15,17). The molecule has 3 rings (SSSR count). The summed E-state index contributed by atoms with van der Waals surface area (Å²) >= 11 is 7.46. The zero-order valence-electron chi connectivity index (χ0n) is 11.0. The first-order valence-electron chi connectivity index (χ1n) is 6.30. The van der Waals surface area contributed by atoms with Crippen LogP contribution in [0.5, 0.6) is 0 Å². The summed E-state index contributed by atoms with van der Waals surface area (Å²) in [6.45, 7) is 5.35. The summed E-state index contributed by atoms with van der Waals surface area (Å²) in [6.07, 6.45) is 4.84. The average Bonchev–Trinajstić information content (AvgIpc) is 3.05. The van der Waals surface area contributed by atoms with Gasteiger partial charge in [-0.2, -0.15) is 11.8 Å². The highest BCUT2D eigenvalue weighted by atomic mass is 32.2. The van der Waals surface area contributed by atoms with Gasteiger partial charge in [0, 0.05) is 11.3 Å². The van der Waals surface area contributed by atoms with E-state index in [1.165, 1.54) is 35.0 Å². The van der Waals surface area contributed by atoms with Crippen molar-refractivity contribution < 1.29 is 0 Å². The van der Waals surface area contributed by atoms with E-state index in [9.17, 15) is 0 Å². The number of H-pyrrole nitrogens is 1. The van der Waals surface area contributed by atoms with Gasteiger partial charge >= 0.3 is 0 Å². The second-order valence-electron chi connectivity index (χ2n) is 5.36. The Balaban J connectivity index is 2.13. The molecule has 1 saturated carbocycles. The van der Waals surface area contributed by atoms with Crippen LogP contribution < -0.4 is 0 Å². The van der Waals surface area contributed by atoms with Gasteiger partial charge in [0.05, 0.1) is 11.0 Å². The van der Waals surface area contributed by atoms with Crippen LogP contribution in [-0.4, -0.2) is 20.6 Å². The number of aromatic nitrogens is 2. The number of hydrogen-bond donors (Lipinski definition) is 1. The molecule has 0 amide bonds. The van der Waals surface area contributed by atoms with Crippen LogP contribution >= 0.6 is 24.0 Å². The Labute approximate surface area is 117 Å². The average molecular weight is 278 g/mol. The number of imidazole rings is 1. The number of aromatic amines is 1. The van der Waals surface area contributed by atoms with E-state index in [2.05, 4.69) is 41.8 Å². The topological polar surface area (TPSA) is 20.7 Å². The van der Waals surface area contributed by atoms with E-state index >= 15 is 0 Å². The highest BCUT2D eigenvalue weighted by molar-refractivity contribution is 8.00. The van der Waals surface area contributed by atoms with Crippen LogP contribution in [0, 0.1) is 18.6 Å². The quantitative estimate of drug-likeness (QED) is 0.849. The third-order valence-corrected chi connectivity index (χ3v) is 5.80. The molecule has 1 aromatic heterocycles. The van der Waals surface area contributed by atoms with E-state index in [0.29, 0.717) is 4.75 Å². The fourth-order valence-corrected chi connectivity index (χ4v) is 3.47. The Kier molecular flexibility index (Phi) is 2.83. The van der Waals surface area contributed by atoms with Gasteiger partial charge in [-0.1, -0.05) is 0 Å². The molecule has 0 aliphatic heterocycles. The Morgan fingerprint density at radius 2 is 2.00 bits per heavy atom. The van der Waals surface area contributed by atoms with Crippen molar-refractivity contribution in [2.75, 3.05) is 6.26 Å². The minimum atomic E-state index is 0.437. The van der Waals surface area contributed by atoms with Gasteiger partial charge in [-0.15, -0.1) is 0 Å². The number of thioether (sulfide) groups is 1. The third kappa shape index (κ3) is 1.91. The lowest BCUT2D eigenvalue weighted by molar-refractivity contribution is 0.670. The predicted octanol–water partition coefficient (Wildman–Crippen LogP) is 4.21. The van der Waals surface area contributed by atoms with Crippen molar-refractivity contribution in [3.63, 3.8) is 0 Å². The number of benzene rings is 1. The number of nitrogens with zero attached hydrogens (tertiary/aromatic N) is 1. The number of hydrogen-bond acceptors (Lipinski definition) is 2. The first-order chi connectivity index (χ1) is 8.54. The molecular weight excluding hydrogens is 260 g/mol. The first-order valence-corrected chi connectivity index (χ1v) is 7.93. The fraction of sp³-hybridized carbons (Fsp3) is 0.500. The lowest BCUT2D eigenvalue weighted by Gasteiger charge is -2.14. The highest BCUT2D eigenvalue weighted by Gasteiger charge is 2.42. The molecule has 1 fully saturated rings. The first kappa shape index (κ1) is 12.3. The smallest absolute Gasteiger partial charge is 0.178 e.